The summed E-state index contributed by atoms with van der Waals surface area (Å²) in [7, 11) is 0. The topological polar surface area (TPSA) is 69.1 Å². The van der Waals surface area contributed by atoms with Crippen molar-refractivity contribution in [3.05, 3.63) is 65.4 Å². The first kappa shape index (κ1) is 12.5. The standard InChI is InChI=1S/C15H11FN2O2/c16-12-3-1-2-10-7-13(20-15(10)12)14(19)9-4-5-18-11(6-9)8-17/h1-7H,8,17H2. The lowest BCUT2D eigenvalue weighted by molar-refractivity contribution is 0.101. The van der Waals surface area contributed by atoms with Gasteiger partial charge in [-0.1, -0.05) is 12.1 Å². The molecule has 0 radical (unpaired) electrons. The van der Waals surface area contributed by atoms with Gasteiger partial charge in [0.2, 0.25) is 5.78 Å². The minimum Gasteiger partial charge on any atom is -0.449 e. The van der Waals surface area contributed by atoms with Crippen molar-refractivity contribution in [2.75, 3.05) is 0 Å². The van der Waals surface area contributed by atoms with Gasteiger partial charge in [-0.2, -0.15) is 0 Å². The molecule has 0 atom stereocenters. The maximum atomic E-state index is 13.6. The van der Waals surface area contributed by atoms with Gasteiger partial charge in [-0.05, 0) is 24.3 Å². The smallest absolute Gasteiger partial charge is 0.228 e. The van der Waals surface area contributed by atoms with Crippen LogP contribution in [0.25, 0.3) is 11.0 Å². The van der Waals surface area contributed by atoms with Crippen LogP contribution in [0.5, 0.6) is 0 Å². The molecule has 1 aromatic carbocycles. The lowest BCUT2D eigenvalue weighted by Gasteiger charge is -1.99. The maximum Gasteiger partial charge on any atom is 0.228 e. The number of fused-ring (bicyclic) bond motifs is 1. The van der Waals surface area contributed by atoms with Gasteiger partial charge in [0.05, 0.1) is 5.69 Å². The summed E-state index contributed by atoms with van der Waals surface area (Å²) in [6.45, 7) is 0.246. The summed E-state index contributed by atoms with van der Waals surface area (Å²) < 4.78 is 18.9. The van der Waals surface area contributed by atoms with E-state index in [1.807, 2.05) is 0 Å². The molecule has 4 nitrogen and oxygen atoms in total. The number of carbonyl (C=O) groups is 1. The Kier molecular flexibility index (Phi) is 3.04. The summed E-state index contributed by atoms with van der Waals surface area (Å²) in [6.07, 6.45) is 1.51. The molecule has 0 unspecified atom stereocenters. The Bertz CT molecular complexity index is 795. The first-order valence-electron chi connectivity index (χ1n) is 6.07. The van der Waals surface area contributed by atoms with Gasteiger partial charge < -0.3 is 10.2 Å². The van der Waals surface area contributed by atoms with Gasteiger partial charge in [0.15, 0.2) is 17.2 Å². The third kappa shape index (κ3) is 2.08. The molecule has 3 rings (SSSR count). The van der Waals surface area contributed by atoms with Crippen molar-refractivity contribution in [3.63, 3.8) is 0 Å². The summed E-state index contributed by atoms with van der Waals surface area (Å²) >= 11 is 0. The number of ketones is 1. The van der Waals surface area contributed by atoms with E-state index in [4.69, 9.17) is 10.2 Å². The highest BCUT2D eigenvalue weighted by Crippen LogP contribution is 2.23. The molecule has 2 aromatic heterocycles. The van der Waals surface area contributed by atoms with Crippen LogP contribution in [0.2, 0.25) is 0 Å². The number of pyridine rings is 1. The molecule has 2 heterocycles. The Labute approximate surface area is 114 Å². The van der Waals surface area contributed by atoms with Crippen LogP contribution < -0.4 is 5.73 Å². The molecular formula is C15H11FN2O2. The molecule has 0 aliphatic carbocycles. The monoisotopic (exact) mass is 270 g/mol. The van der Waals surface area contributed by atoms with Crippen LogP contribution in [-0.2, 0) is 6.54 Å². The maximum absolute atomic E-state index is 13.6. The number of para-hydroxylation sites is 1. The average Bonchev–Trinajstić information content (AvgIpc) is 2.92. The fraction of sp³-hybridized carbons (Fsp3) is 0.0667. The van der Waals surface area contributed by atoms with Crippen molar-refractivity contribution < 1.29 is 13.6 Å². The number of nitrogens with two attached hydrogens (primary N) is 1. The third-order valence-corrected chi connectivity index (χ3v) is 3.01. The molecule has 0 saturated heterocycles. The zero-order valence-electron chi connectivity index (χ0n) is 10.5. The summed E-state index contributed by atoms with van der Waals surface area (Å²) in [5.41, 5.74) is 6.60. The predicted octanol–water partition coefficient (Wildman–Crippen LogP) is 2.66. The Balaban J connectivity index is 2.05. The van der Waals surface area contributed by atoms with E-state index in [1.165, 1.54) is 18.3 Å². The minimum absolute atomic E-state index is 0.0870. The van der Waals surface area contributed by atoms with Crippen molar-refractivity contribution in [2.45, 2.75) is 6.54 Å². The summed E-state index contributed by atoms with van der Waals surface area (Å²) in [4.78, 5) is 16.3. The van der Waals surface area contributed by atoms with Crippen molar-refractivity contribution in [1.29, 1.82) is 0 Å². The van der Waals surface area contributed by atoms with E-state index in [0.717, 1.165) is 0 Å². The Hall–Kier alpha value is -2.53. The minimum atomic E-state index is -0.487. The van der Waals surface area contributed by atoms with Gasteiger partial charge in [-0.15, -0.1) is 0 Å². The molecule has 100 valence electrons. The molecule has 0 spiro atoms. The number of nitrogens with zero attached hydrogens (tertiary/aromatic N) is 1. The first-order chi connectivity index (χ1) is 9.69. The molecule has 0 aliphatic heterocycles. The Morgan fingerprint density at radius 2 is 2.15 bits per heavy atom. The second-order valence-corrected chi connectivity index (χ2v) is 4.34. The van der Waals surface area contributed by atoms with Crippen LogP contribution >= 0.6 is 0 Å². The van der Waals surface area contributed by atoms with E-state index in [0.29, 0.717) is 16.6 Å². The van der Waals surface area contributed by atoms with Gasteiger partial charge in [0.1, 0.15) is 0 Å². The second kappa shape index (κ2) is 4.86. The second-order valence-electron chi connectivity index (χ2n) is 4.34. The highest BCUT2D eigenvalue weighted by molar-refractivity contribution is 6.09. The van der Waals surface area contributed by atoms with Crippen LogP contribution in [0.1, 0.15) is 21.8 Å². The molecule has 0 aliphatic rings. The van der Waals surface area contributed by atoms with Crippen molar-refractivity contribution in [3.8, 4) is 0 Å². The normalized spacial score (nSPS) is 10.9. The summed E-state index contributed by atoms with van der Waals surface area (Å²) in [5, 5.41) is 0.557. The molecule has 0 amide bonds. The molecule has 20 heavy (non-hydrogen) atoms. The number of aromatic nitrogens is 1. The highest BCUT2D eigenvalue weighted by Gasteiger charge is 2.16. The van der Waals surface area contributed by atoms with E-state index in [9.17, 15) is 9.18 Å². The lowest BCUT2D eigenvalue weighted by atomic mass is 10.1. The zero-order chi connectivity index (χ0) is 14.1. The van der Waals surface area contributed by atoms with E-state index in [-0.39, 0.29) is 23.7 Å². The number of benzene rings is 1. The van der Waals surface area contributed by atoms with E-state index < -0.39 is 5.82 Å². The quantitative estimate of drug-likeness (QED) is 0.743. The number of furan rings is 1. The average molecular weight is 270 g/mol. The number of hydrogen-bond donors (Lipinski definition) is 1. The Morgan fingerprint density at radius 3 is 2.90 bits per heavy atom. The molecule has 3 aromatic rings. The van der Waals surface area contributed by atoms with Crippen LogP contribution in [-0.4, -0.2) is 10.8 Å². The molecule has 0 fully saturated rings. The number of rotatable bonds is 3. The van der Waals surface area contributed by atoms with E-state index in [1.54, 1.807) is 24.3 Å². The van der Waals surface area contributed by atoms with E-state index in [2.05, 4.69) is 4.98 Å². The summed E-state index contributed by atoms with van der Waals surface area (Å²) in [5.74, 6) is -0.712. The Morgan fingerprint density at radius 1 is 1.30 bits per heavy atom. The third-order valence-electron chi connectivity index (χ3n) is 3.01. The highest BCUT2D eigenvalue weighted by atomic mass is 19.1. The van der Waals surface area contributed by atoms with Gasteiger partial charge in [0, 0.05) is 23.7 Å². The van der Waals surface area contributed by atoms with Crippen molar-refractivity contribution in [2.24, 2.45) is 5.73 Å². The van der Waals surface area contributed by atoms with Gasteiger partial charge in [0.25, 0.3) is 0 Å². The zero-order valence-corrected chi connectivity index (χ0v) is 10.5. The number of hydrogen-bond acceptors (Lipinski definition) is 4. The van der Waals surface area contributed by atoms with Crippen LogP contribution in [0.15, 0.2) is 47.0 Å². The lowest BCUT2D eigenvalue weighted by Crippen LogP contribution is -2.04. The fourth-order valence-corrected chi connectivity index (χ4v) is 2.01. The van der Waals surface area contributed by atoms with Crippen LogP contribution in [0.4, 0.5) is 4.39 Å². The predicted molar refractivity (Wildman–Crippen MR) is 71.7 cm³/mol. The SMILES string of the molecule is NCc1cc(C(=O)c2cc3cccc(F)c3o2)ccn1. The molecular weight excluding hydrogens is 259 g/mol. The fourth-order valence-electron chi connectivity index (χ4n) is 2.01. The van der Waals surface area contributed by atoms with Gasteiger partial charge >= 0.3 is 0 Å². The first-order valence-corrected chi connectivity index (χ1v) is 6.07. The van der Waals surface area contributed by atoms with Crippen LogP contribution in [0.3, 0.4) is 0 Å². The van der Waals surface area contributed by atoms with Crippen molar-refractivity contribution in [1.82, 2.24) is 4.98 Å². The van der Waals surface area contributed by atoms with Crippen molar-refractivity contribution >= 4 is 16.8 Å². The number of carbonyl (C=O) groups excluding carboxylic acids is 1. The van der Waals surface area contributed by atoms with E-state index >= 15 is 0 Å². The van der Waals surface area contributed by atoms with Gasteiger partial charge in [-0.3, -0.25) is 9.78 Å². The number of halogens is 1. The van der Waals surface area contributed by atoms with Gasteiger partial charge in [-0.25, -0.2) is 4.39 Å². The molecule has 0 bridgehead atoms. The largest absolute Gasteiger partial charge is 0.449 e. The molecule has 2 N–H and O–H groups in total. The van der Waals surface area contributed by atoms with Crippen LogP contribution in [0, 0.1) is 5.82 Å². The molecule has 5 heteroatoms. The molecule has 0 saturated carbocycles. The summed E-state index contributed by atoms with van der Waals surface area (Å²) in [6, 6.07) is 9.26.